The Kier molecular flexibility index (Phi) is 6.70. The van der Waals surface area contributed by atoms with Crippen molar-refractivity contribution in [3.8, 4) is 0 Å². The van der Waals surface area contributed by atoms with Crippen LogP contribution in [0.5, 0.6) is 0 Å². The summed E-state index contributed by atoms with van der Waals surface area (Å²) in [5.74, 6) is -0.424. The third-order valence-electron chi connectivity index (χ3n) is 3.98. The van der Waals surface area contributed by atoms with Crippen molar-refractivity contribution in [1.29, 1.82) is 0 Å². The molecule has 0 saturated carbocycles. The van der Waals surface area contributed by atoms with Crippen molar-refractivity contribution in [3.05, 3.63) is 35.6 Å². The summed E-state index contributed by atoms with van der Waals surface area (Å²) in [6.45, 7) is 4.15. The Balaban J connectivity index is 1.79. The molecule has 0 radical (unpaired) electrons. The maximum absolute atomic E-state index is 13.0. The molecule has 1 aromatic carbocycles. The van der Waals surface area contributed by atoms with E-state index in [0.29, 0.717) is 25.2 Å². The van der Waals surface area contributed by atoms with Gasteiger partial charge in [0.2, 0.25) is 10.0 Å². The fraction of sp³-hybridized carbons (Fsp3) is 0.562. The van der Waals surface area contributed by atoms with Crippen molar-refractivity contribution in [2.45, 2.75) is 12.8 Å². The van der Waals surface area contributed by atoms with Crippen molar-refractivity contribution < 1.29 is 17.6 Å². The number of benzene rings is 1. The first-order chi connectivity index (χ1) is 11.3. The Morgan fingerprint density at radius 2 is 1.88 bits per heavy atom. The van der Waals surface area contributed by atoms with Gasteiger partial charge in [-0.1, -0.05) is 0 Å². The summed E-state index contributed by atoms with van der Waals surface area (Å²) in [4.78, 5) is 16.5. The van der Waals surface area contributed by atoms with Crippen LogP contribution >= 0.6 is 0 Å². The highest BCUT2D eigenvalue weighted by molar-refractivity contribution is 7.88. The lowest BCUT2D eigenvalue weighted by Gasteiger charge is -2.22. The van der Waals surface area contributed by atoms with Crippen LogP contribution < -0.4 is 4.72 Å². The Hall–Kier alpha value is -1.51. The molecule has 1 N–H and O–H groups in total. The minimum atomic E-state index is -3.14. The van der Waals surface area contributed by atoms with E-state index in [9.17, 15) is 17.6 Å². The zero-order valence-corrected chi connectivity index (χ0v) is 14.7. The van der Waals surface area contributed by atoms with Gasteiger partial charge in [-0.05, 0) is 50.2 Å². The summed E-state index contributed by atoms with van der Waals surface area (Å²) < 4.78 is 37.5. The molecular weight excluding hydrogens is 333 g/mol. The van der Waals surface area contributed by atoms with Crippen LogP contribution in [0.4, 0.5) is 4.39 Å². The lowest BCUT2D eigenvalue weighted by molar-refractivity contribution is 0.0761. The molecule has 1 saturated heterocycles. The van der Waals surface area contributed by atoms with Gasteiger partial charge in [0.05, 0.1) is 6.26 Å². The minimum absolute atomic E-state index is 0.0735. The molecule has 0 unspecified atom stereocenters. The second kappa shape index (κ2) is 8.55. The van der Waals surface area contributed by atoms with E-state index < -0.39 is 10.0 Å². The number of hydrogen-bond acceptors (Lipinski definition) is 4. The molecule has 8 heteroatoms. The highest BCUT2D eigenvalue weighted by Gasteiger charge is 2.20. The van der Waals surface area contributed by atoms with Crippen molar-refractivity contribution in [2.75, 3.05) is 45.5 Å². The van der Waals surface area contributed by atoms with E-state index in [2.05, 4.69) is 9.62 Å². The molecular formula is C16H24FN3O3S. The summed E-state index contributed by atoms with van der Waals surface area (Å²) in [6, 6.07) is 5.62. The molecule has 1 heterocycles. The van der Waals surface area contributed by atoms with Gasteiger partial charge >= 0.3 is 0 Å². The fourth-order valence-electron chi connectivity index (χ4n) is 2.73. The number of nitrogens with zero attached hydrogens (tertiary/aromatic N) is 2. The van der Waals surface area contributed by atoms with E-state index >= 15 is 0 Å². The van der Waals surface area contributed by atoms with E-state index in [-0.39, 0.29) is 11.7 Å². The highest BCUT2D eigenvalue weighted by Crippen LogP contribution is 2.10. The number of halogens is 1. The standard InChI is InChI=1S/C16H24FN3O3S/c1-24(22,23)18-8-2-9-19-10-3-11-20(13-12-19)16(21)14-4-6-15(17)7-5-14/h4-7,18H,2-3,8-13H2,1H3. The molecule has 134 valence electrons. The van der Waals surface area contributed by atoms with Crippen LogP contribution in [0.15, 0.2) is 24.3 Å². The van der Waals surface area contributed by atoms with Gasteiger partial charge in [0.1, 0.15) is 5.82 Å². The monoisotopic (exact) mass is 357 g/mol. The molecule has 0 bridgehead atoms. The number of sulfonamides is 1. The van der Waals surface area contributed by atoms with Gasteiger partial charge in [-0.15, -0.1) is 0 Å². The topological polar surface area (TPSA) is 69.7 Å². The first kappa shape index (κ1) is 18.8. The quantitative estimate of drug-likeness (QED) is 0.769. The molecule has 0 atom stereocenters. The van der Waals surface area contributed by atoms with Gasteiger partial charge in [0, 0.05) is 31.7 Å². The second-order valence-corrected chi connectivity index (χ2v) is 7.85. The molecule has 0 aliphatic carbocycles. The Labute approximate surface area is 142 Å². The van der Waals surface area contributed by atoms with Gasteiger partial charge in [-0.25, -0.2) is 17.5 Å². The molecule has 2 rings (SSSR count). The first-order valence-electron chi connectivity index (χ1n) is 8.07. The highest BCUT2D eigenvalue weighted by atomic mass is 32.2. The molecule has 1 aliphatic rings. The number of carbonyl (C=O) groups is 1. The normalized spacial score (nSPS) is 16.8. The maximum atomic E-state index is 13.0. The van der Waals surface area contributed by atoms with Crippen LogP contribution in [0.2, 0.25) is 0 Å². The Morgan fingerprint density at radius 1 is 1.17 bits per heavy atom. The zero-order valence-electron chi connectivity index (χ0n) is 13.9. The second-order valence-electron chi connectivity index (χ2n) is 6.01. The number of carbonyl (C=O) groups excluding carboxylic acids is 1. The van der Waals surface area contributed by atoms with Gasteiger partial charge in [-0.3, -0.25) is 4.79 Å². The van der Waals surface area contributed by atoms with E-state index in [1.807, 2.05) is 0 Å². The van der Waals surface area contributed by atoms with Crippen molar-refractivity contribution in [1.82, 2.24) is 14.5 Å². The summed E-state index contributed by atoms with van der Waals surface area (Å²) >= 11 is 0. The van der Waals surface area contributed by atoms with E-state index in [0.717, 1.165) is 38.7 Å². The summed E-state index contributed by atoms with van der Waals surface area (Å²) in [6.07, 6.45) is 2.75. The van der Waals surface area contributed by atoms with E-state index in [1.165, 1.54) is 24.3 Å². The molecule has 6 nitrogen and oxygen atoms in total. The van der Waals surface area contributed by atoms with Crippen LogP contribution in [0.25, 0.3) is 0 Å². The average molecular weight is 357 g/mol. The lowest BCUT2D eigenvalue weighted by Crippen LogP contribution is -2.36. The van der Waals surface area contributed by atoms with Crippen LogP contribution in [-0.4, -0.2) is 69.6 Å². The smallest absolute Gasteiger partial charge is 0.253 e. The Morgan fingerprint density at radius 3 is 2.54 bits per heavy atom. The van der Waals surface area contributed by atoms with Gasteiger partial charge < -0.3 is 9.80 Å². The molecule has 0 spiro atoms. The molecule has 1 aliphatic heterocycles. The summed E-state index contributed by atoms with van der Waals surface area (Å²) in [7, 11) is -3.14. The SMILES string of the molecule is CS(=O)(=O)NCCCN1CCCN(C(=O)c2ccc(F)cc2)CC1. The summed E-state index contributed by atoms with van der Waals surface area (Å²) in [5.41, 5.74) is 0.502. The number of nitrogens with one attached hydrogen (secondary N) is 1. The molecule has 1 aromatic rings. The van der Waals surface area contributed by atoms with Crippen LogP contribution in [0.1, 0.15) is 23.2 Å². The average Bonchev–Trinajstić information content (AvgIpc) is 2.76. The number of amides is 1. The predicted octanol–water partition coefficient (Wildman–Crippen LogP) is 0.913. The van der Waals surface area contributed by atoms with Gasteiger partial charge in [0.15, 0.2) is 0 Å². The number of rotatable bonds is 6. The maximum Gasteiger partial charge on any atom is 0.253 e. The van der Waals surface area contributed by atoms with E-state index in [4.69, 9.17) is 0 Å². The van der Waals surface area contributed by atoms with Crippen molar-refractivity contribution >= 4 is 15.9 Å². The summed E-state index contributed by atoms with van der Waals surface area (Å²) in [5, 5.41) is 0. The Bertz CT molecular complexity index is 649. The molecule has 1 amide bonds. The lowest BCUT2D eigenvalue weighted by atomic mass is 10.2. The minimum Gasteiger partial charge on any atom is -0.337 e. The van der Waals surface area contributed by atoms with Gasteiger partial charge in [0.25, 0.3) is 5.91 Å². The van der Waals surface area contributed by atoms with Crippen molar-refractivity contribution in [2.24, 2.45) is 0 Å². The molecule has 1 fully saturated rings. The zero-order chi connectivity index (χ0) is 17.6. The largest absolute Gasteiger partial charge is 0.337 e. The third kappa shape index (κ3) is 6.18. The molecule has 24 heavy (non-hydrogen) atoms. The number of hydrogen-bond donors (Lipinski definition) is 1. The van der Waals surface area contributed by atoms with Crippen molar-refractivity contribution in [3.63, 3.8) is 0 Å². The predicted molar refractivity (Wildman–Crippen MR) is 90.8 cm³/mol. The van der Waals surface area contributed by atoms with Gasteiger partial charge in [-0.2, -0.15) is 0 Å². The van der Waals surface area contributed by atoms with Crippen LogP contribution in [0.3, 0.4) is 0 Å². The van der Waals surface area contributed by atoms with Crippen LogP contribution in [0, 0.1) is 5.82 Å². The van der Waals surface area contributed by atoms with Crippen LogP contribution in [-0.2, 0) is 10.0 Å². The fourth-order valence-corrected chi connectivity index (χ4v) is 3.25. The first-order valence-corrected chi connectivity index (χ1v) is 9.96. The third-order valence-corrected chi connectivity index (χ3v) is 4.71. The molecule has 0 aromatic heterocycles. The van der Waals surface area contributed by atoms with E-state index in [1.54, 1.807) is 4.90 Å².